The van der Waals surface area contributed by atoms with Crippen LogP contribution in [0.25, 0.3) is 0 Å². The molecule has 0 amide bonds. The summed E-state index contributed by atoms with van der Waals surface area (Å²) < 4.78 is 5.37. The molecule has 4 N–H and O–H groups in total. The third-order valence-electron chi connectivity index (χ3n) is 2.76. The summed E-state index contributed by atoms with van der Waals surface area (Å²) >= 11 is 6.04. The van der Waals surface area contributed by atoms with E-state index in [4.69, 9.17) is 27.2 Å². The fourth-order valence-corrected chi connectivity index (χ4v) is 2.25. The average molecular weight is 259 g/mol. The van der Waals surface area contributed by atoms with E-state index in [1.54, 1.807) is 14.2 Å². The van der Waals surface area contributed by atoms with Crippen molar-refractivity contribution < 1.29 is 9.84 Å². The maximum absolute atomic E-state index is 9.16. The largest absolute Gasteiger partial charge is 0.496 e. The summed E-state index contributed by atoms with van der Waals surface area (Å²) in [5.41, 5.74) is 7.68. The Bertz CT molecular complexity index is 385. The number of methoxy groups -OCH3 is 1. The van der Waals surface area contributed by atoms with Crippen molar-refractivity contribution in [2.45, 2.75) is 19.0 Å². The highest BCUT2D eigenvalue weighted by molar-refractivity contribution is 6.30. The Morgan fingerprint density at radius 3 is 2.65 bits per heavy atom. The second-order valence-corrected chi connectivity index (χ2v) is 4.39. The molecule has 1 rings (SSSR count). The maximum Gasteiger partial charge on any atom is 0.126 e. The smallest absolute Gasteiger partial charge is 0.126 e. The number of ether oxygens (including phenoxy) is 1. The van der Waals surface area contributed by atoms with Crippen molar-refractivity contribution in [2.75, 3.05) is 20.8 Å². The number of nitrogens with one attached hydrogen (secondary N) is 1. The van der Waals surface area contributed by atoms with Crippen LogP contribution in [0.15, 0.2) is 12.1 Å². The number of halogens is 1. The van der Waals surface area contributed by atoms with Gasteiger partial charge in [0.2, 0.25) is 0 Å². The van der Waals surface area contributed by atoms with E-state index in [0.717, 1.165) is 16.9 Å². The standard InChI is InChI=1S/C12H19ClN2O2/c1-7-4-8(13)5-9(12(7)17-3)11(15-2)10(14)6-16/h4-5,10-11,15-16H,6,14H2,1-3H3. The lowest BCUT2D eigenvalue weighted by Crippen LogP contribution is -2.39. The number of hydrogen-bond donors (Lipinski definition) is 3. The molecule has 17 heavy (non-hydrogen) atoms. The van der Waals surface area contributed by atoms with Crippen molar-refractivity contribution in [3.63, 3.8) is 0 Å². The minimum atomic E-state index is -0.410. The molecule has 1 aromatic rings. The van der Waals surface area contributed by atoms with Gasteiger partial charge in [-0.15, -0.1) is 0 Å². The average Bonchev–Trinajstić information content (AvgIpc) is 2.29. The van der Waals surface area contributed by atoms with Crippen molar-refractivity contribution in [3.05, 3.63) is 28.3 Å². The van der Waals surface area contributed by atoms with Crippen molar-refractivity contribution in [3.8, 4) is 5.75 Å². The van der Waals surface area contributed by atoms with E-state index in [1.165, 1.54) is 0 Å². The molecule has 0 radical (unpaired) electrons. The lowest BCUT2D eigenvalue weighted by molar-refractivity contribution is 0.238. The van der Waals surface area contributed by atoms with Gasteiger partial charge in [0, 0.05) is 16.6 Å². The van der Waals surface area contributed by atoms with Gasteiger partial charge in [0.25, 0.3) is 0 Å². The fourth-order valence-electron chi connectivity index (χ4n) is 1.97. The quantitative estimate of drug-likeness (QED) is 0.743. The molecular weight excluding hydrogens is 240 g/mol. The number of aliphatic hydroxyl groups is 1. The minimum absolute atomic E-state index is 0.111. The van der Waals surface area contributed by atoms with Crippen LogP contribution in [0, 0.1) is 6.92 Å². The summed E-state index contributed by atoms with van der Waals surface area (Å²) in [5.74, 6) is 0.748. The van der Waals surface area contributed by atoms with E-state index in [0.29, 0.717) is 5.02 Å². The number of aryl methyl sites for hydroxylation is 1. The van der Waals surface area contributed by atoms with Crippen molar-refractivity contribution >= 4 is 11.6 Å². The SMILES string of the molecule is CNC(c1cc(Cl)cc(C)c1OC)C(N)CO. The van der Waals surface area contributed by atoms with Gasteiger partial charge in [0.15, 0.2) is 0 Å². The lowest BCUT2D eigenvalue weighted by atomic mass is 9.97. The molecule has 0 aliphatic rings. The van der Waals surface area contributed by atoms with Gasteiger partial charge in [-0.1, -0.05) is 11.6 Å². The van der Waals surface area contributed by atoms with Crippen molar-refractivity contribution in [2.24, 2.45) is 5.73 Å². The molecular formula is C12H19ClN2O2. The second-order valence-electron chi connectivity index (χ2n) is 3.96. The molecule has 2 atom stereocenters. The highest BCUT2D eigenvalue weighted by Crippen LogP contribution is 2.32. The molecule has 0 heterocycles. The van der Waals surface area contributed by atoms with Crippen molar-refractivity contribution in [1.82, 2.24) is 5.32 Å². The van der Waals surface area contributed by atoms with Crippen molar-refractivity contribution in [1.29, 1.82) is 0 Å². The molecule has 0 spiro atoms. The first-order valence-corrected chi connectivity index (χ1v) is 5.80. The molecule has 5 heteroatoms. The van der Waals surface area contributed by atoms with E-state index < -0.39 is 6.04 Å². The molecule has 96 valence electrons. The monoisotopic (exact) mass is 258 g/mol. The van der Waals surface area contributed by atoms with Crippen LogP contribution >= 0.6 is 11.6 Å². The third-order valence-corrected chi connectivity index (χ3v) is 2.98. The Balaban J connectivity index is 3.26. The molecule has 1 aromatic carbocycles. The third kappa shape index (κ3) is 3.10. The predicted octanol–water partition coefficient (Wildman–Crippen LogP) is 1.24. The summed E-state index contributed by atoms with van der Waals surface area (Å²) in [6.45, 7) is 1.81. The summed E-state index contributed by atoms with van der Waals surface area (Å²) in [5, 5.41) is 12.9. The maximum atomic E-state index is 9.16. The molecule has 0 fully saturated rings. The fraction of sp³-hybridized carbons (Fsp3) is 0.500. The lowest BCUT2D eigenvalue weighted by Gasteiger charge is -2.25. The summed E-state index contributed by atoms with van der Waals surface area (Å²) in [7, 11) is 3.40. The first-order chi connectivity index (χ1) is 8.04. The highest BCUT2D eigenvalue weighted by Gasteiger charge is 2.22. The van der Waals surface area contributed by atoms with Crippen LogP contribution in [0.3, 0.4) is 0 Å². The van der Waals surface area contributed by atoms with Crippen LogP contribution in [0.1, 0.15) is 17.2 Å². The van der Waals surface area contributed by atoms with Crippen LogP contribution in [0.4, 0.5) is 0 Å². The van der Waals surface area contributed by atoms with Crippen LogP contribution in [0.5, 0.6) is 5.75 Å². The Morgan fingerprint density at radius 2 is 2.18 bits per heavy atom. The number of hydrogen-bond acceptors (Lipinski definition) is 4. The van der Waals surface area contributed by atoms with Gasteiger partial charge < -0.3 is 20.9 Å². The summed E-state index contributed by atoms with van der Waals surface area (Å²) in [6.07, 6.45) is 0. The van der Waals surface area contributed by atoms with Gasteiger partial charge in [0.05, 0.1) is 19.8 Å². The molecule has 0 aliphatic carbocycles. The molecule has 0 saturated carbocycles. The van der Waals surface area contributed by atoms with Gasteiger partial charge >= 0.3 is 0 Å². The number of benzene rings is 1. The van der Waals surface area contributed by atoms with Gasteiger partial charge in [0.1, 0.15) is 5.75 Å². The van der Waals surface area contributed by atoms with Gasteiger partial charge in [-0.2, -0.15) is 0 Å². The molecule has 4 nitrogen and oxygen atoms in total. The van der Waals surface area contributed by atoms with Crippen LogP contribution in [-0.2, 0) is 0 Å². The Hall–Kier alpha value is -0.810. The van der Waals surface area contributed by atoms with E-state index in [1.807, 2.05) is 19.1 Å². The van der Waals surface area contributed by atoms with Crippen LogP contribution < -0.4 is 15.8 Å². The van der Waals surface area contributed by atoms with Crippen LogP contribution in [0.2, 0.25) is 5.02 Å². The topological polar surface area (TPSA) is 67.5 Å². The number of nitrogens with two attached hydrogens (primary N) is 1. The van der Waals surface area contributed by atoms with Gasteiger partial charge in [-0.25, -0.2) is 0 Å². The summed E-state index contributed by atoms with van der Waals surface area (Å²) in [4.78, 5) is 0. The molecule has 0 aliphatic heterocycles. The van der Waals surface area contributed by atoms with E-state index >= 15 is 0 Å². The van der Waals surface area contributed by atoms with E-state index in [-0.39, 0.29) is 12.6 Å². The predicted molar refractivity (Wildman–Crippen MR) is 69.6 cm³/mol. The Kier molecular flexibility index (Phi) is 5.21. The number of aliphatic hydroxyl groups excluding tert-OH is 1. The van der Waals surface area contributed by atoms with Gasteiger partial charge in [-0.3, -0.25) is 0 Å². The molecule has 0 saturated heterocycles. The normalized spacial score (nSPS) is 14.5. The first kappa shape index (κ1) is 14.3. The Morgan fingerprint density at radius 1 is 1.53 bits per heavy atom. The Labute approximate surface area is 107 Å². The van der Waals surface area contributed by atoms with Crippen LogP contribution in [-0.4, -0.2) is 31.9 Å². The molecule has 0 aromatic heterocycles. The first-order valence-electron chi connectivity index (χ1n) is 5.42. The molecule has 2 unspecified atom stereocenters. The van der Waals surface area contributed by atoms with E-state index in [2.05, 4.69) is 5.32 Å². The zero-order chi connectivity index (χ0) is 13.0. The highest BCUT2D eigenvalue weighted by atomic mass is 35.5. The second kappa shape index (κ2) is 6.21. The number of rotatable bonds is 5. The number of likely N-dealkylation sites (N-methyl/N-ethyl adjacent to an activating group) is 1. The minimum Gasteiger partial charge on any atom is -0.496 e. The summed E-state index contributed by atoms with van der Waals surface area (Å²) in [6, 6.07) is 3.03. The van der Waals surface area contributed by atoms with Gasteiger partial charge in [-0.05, 0) is 31.7 Å². The van der Waals surface area contributed by atoms with E-state index in [9.17, 15) is 0 Å². The zero-order valence-corrected chi connectivity index (χ0v) is 11.1. The molecule has 0 bridgehead atoms. The zero-order valence-electron chi connectivity index (χ0n) is 10.3.